The van der Waals surface area contributed by atoms with E-state index in [0.717, 1.165) is 12.1 Å². The van der Waals surface area contributed by atoms with E-state index in [1.165, 1.54) is 12.0 Å². The maximum Gasteiger partial charge on any atom is 0.264 e. The van der Waals surface area contributed by atoms with Gasteiger partial charge in [-0.05, 0) is 41.9 Å². The van der Waals surface area contributed by atoms with Gasteiger partial charge in [0, 0.05) is 17.5 Å². The van der Waals surface area contributed by atoms with E-state index >= 15 is 0 Å². The monoisotopic (exact) mass is 373 g/mol. The second kappa shape index (κ2) is 7.03. The smallest absolute Gasteiger partial charge is 0.264 e. The van der Waals surface area contributed by atoms with Gasteiger partial charge in [-0.2, -0.15) is 4.58 Å². The normalized spacial score (nSPS) is 29.2. The number of rotatable bonds is 3. The van der Waals surface area contributed by atoms with E-state index in [2.05, 4.69) is 58.3 Å². The van der Waals surface area contributed by atoms with Gasteiger partial charge in [0.2, 0.25) is 5.69 Å². The number of fused-ring (bicyclic) bond motifs is 1. The van der Waals surface area contributed by atoms with Crippen LogP contribution in [0.15, 0.2) is 24.3 Å². The lowest BCUT2D eigenvalue weighted by atomic mass is 9.73. The van der Waals surface area contributed by atoms with Crippen LogP contribution in [0, 0.1) is 17.8 Å². The van der Waals surface area contributed by atoms with Crippen molar-refractivity contribution >= 4 is 28.5 Å². The lowest BCUT2D eigenvalue weighted by Gasteiger charge is -2.37. The van der Waals surface area contributed by atoms with Crippen molar-refractivity contribution in [2.75, 3.05) is 0 Å². The van der Waals surface area contributed by atoms with E-state index in [9.17, 15) is 9.90 Å². The minimum atomic E-state index is -1.04. The van der Waals surface area contributed by atoms with Crippen molar-refractivity contribution in [1.29, 1.82) is 0 Å². The van der Waals surface area contributed by atoms with Gasteiger partial charge in [-0.1, -0.05) is 59.7 Å². The van der Waals surface area contributed by atoms with Crippen LogP contribution in [-0.4, -0.2) is 26.9 Å². The number of para-hydroxylation sites is 1. The van der Waals surface area contributed by atoms with Gasteiger partial charge in [0.1, 0.15) is 5.97 Å². The van der Waals surface area contributed by atoms with Crippen LogP contribution in [0.1, 0.15) is 59.9 Å². The van der Waals surface area contributed by atoms with Crippen LogP contribution in [0.3, 0.4) is 0 Å². The summed E-state index contributed by atoms with van der Waals surface area (Å²) in [4.78, 5) is 12.1. The molecule has 0 aromatic heterocycles. The molecule has 0 saturated heterocycles. The van der Waals surface area contributed by atoms with Crippen LogP contribution in [0.5, 0.6) is 0 Å². The van der Waals surface area contributed by atoms with E-state index in [1.807, 2.05) is 12.1 Å². The Balaban J connectivity index is 2.18. The zero-order valence-electron chi connectivity index (χ0n) is 16.8. The first-order valence-electron chi connectivity index (χ1n) is 9.76. The third-order valence-corrected chi connectivity index (χ3v) is 7.55. The second-order valence-electron chi connectivity index (χ2n) is 9.27. The summed E-state index contributed by atoms with van der Waals surface area (Å²) in [5.74, 6) is 0.529. The van der Waals surface area contributed by atoms with Gasteiger partial charge < -0.3 is 9.90 Å². The van der Waals surface area contributed by atoms with E-state index in [4.69, 9.17) is 0 Å². The average Bonchev–Trinajstić information content (AvgIpc) is 2.95. The molecule has 1 heterocycles. The number of carbonyl (C=O) groups excluding carboxylic acids is 1. The van der Waals surface area contributed by atoms with Gasteiger partial charge >= 0.3 is 0 Å². The van der Waals surface area contributed by atoms with Crippen LogP contribution >= 0.6 is 11.8 Å². The summed E-state index contributed by atoms with van der Waals surface area (Å²) in [6.07, 6.45) is 2.33. The number of benzene rings is 1. The van der Waals surface area contributed by atoms with Gasteiger partial charge in [0.25, 0.3) is 5.04 Å². The van der Waals surface area contributed by atoms with Crippen LogP contribution in [0.2, 0.25) is 0 Å². The van der Waals surface area contributed by atoms with Gasteiger partial charge in [0.05, 0.1) is 5.25 Å². The lowest BCUT2D eigenvalue weighted by Crippen LogP contribution is -2.45. The van der Waals surface area contributed by atoms with E-state index in [-0.39, 0.29) is 11.5 Å². The summed E-state index contributed by atoms with van der Waals surface area (Å²) in [7, 11) is 0. The number of hydrogen-bond acceptors (Lipinski definition) is 3. The zero-order valence-corrected chi connectivity index (χ0v) is 17.6. The van der Waals surface area contributed by atoms with Crippen LogP contribution < -0.4 is 5.11 Å². The molecule has 3 nitrogen and oxygen atoms in total. The largest absolute Gasteiger partial charge is 0.539 e. The van der Waals surface area contributed by atoms with Crippen molar-refractivity contribution in [3.05, 3.63) is 29.8 Å². The molecule has 26 heavy (non-hydrogen) atoms. The highest BCUT2D eigenvalue weighted by atomic mass is 32.2. The minimum Gasteiger partial charge on any atom is -0.539 e. The first-order valence-corrected chi connectivity index (χ1v) is 10.6. The van der Waals surface area contributed by atoms with Gasteiger partial charge in [-0.25, -0.2) is 0 Å². The lowest BCUT2D eigenvalue weighted by molar-refractivity contribution is -0.495. The molecule has 0 bridgehead atoms. The number of hydrogen-bond donors (Lipinski definition) is 0. The van der Waals surface area contributed by atoms with Gasteiger partial charge in [0.15, 0.2) is 6.04 Å². The van der Waals surface area contributed by atoms with Crippen molar-refractivity contribution in [2.24, 2.45) is 17.8 Å². The molecule has 4 atom stereocenters. The van der Waals surface area contributed by atoms with E-state index < -0.39 is 5.97 Å². The summed E-state index contributed by atoms with van der Waals surface area (Å²) in [5.41, 5.74) is 2.18. The molecular weight excluding hydrogens is 342 g/mol. The molecule has 1 aliphatic carbocycles. The summed E-state index contributed by atoms with van der Waals surface area (Å²) >= 11 is 1.55. The van der Waals surface area contributed by atoms with Crippen molar-refractivity contribution < 1.29 is 14.5 Å². The number of carbonyl (C=O) groups is 1. The molecule has 0 spiro atoms. The number of carboxylic acids is 1. The van der Waals surface area contributed by atoms with Crippen molar-refractivity contribution in [2.45, 2.75) is 71.1 Å². The molecular formula is C22H31NO2S. The fraction of sp³-hybridized carbons (Fsp3) is 0.636. The third kappa shape index (κ3) is 3.33. The molecule has 3 rings (SSSR count). The van der Waals surface area contributed by atoms with Crippen molar-refractivity contribution in [3.63, 3.8) is 0 Å². The first kappa shape index (κ1) is 19.5. The Kier molecular flexibility index (Phi) is 5.26. The topological polar surface area (TPSA) is 43.1 Å². The van der Waals surface area contributed by atoms with E-state index in [0.29, 0.717) is 28.0 Å². The quantitative estimate of drug-likeness (QED) is 0.753. The maximum absolute atomic E-state index is 12.1. The molecule has 0 radical (unpaired) electrons. The third-order valence-electron chi connectivity index (χ3n) is 6.06. The Morgan fingerprint density at radius 3 is 2.46 bits per heavy atom. The number of carboxylic acid groups (broad SMARTS) is 1. The number of thioether (sulfide) groups is 1. The Morgan fingerprint density at radius 1 is 1.23 bits per heavy atom. The zero-order chi connectivity index (χ0) is 19.2. The molecule has 1 saturated carbocycles. The standard InChI is InChI=1S/C22H31NO2S/c1-13(2)15-12-11-14(3)18-19(15)26-20(21(24)25)23(18)17-10-8-7-9-16(17)22(4,5)6/h7-10,13-15,18-19H,11-12H2,1-6H3. The van der Waals surface area contributed by atoms with Crippen molar-refractivity contribution in [3.8, 4) is 0 Å². The van der Waals surface area contributed by atoms with Gasteiger partial charge in [-0.15, -0.1) is 0 Å². The van der Waals surface area contributed by atoms with Crippen LogP contribution in [0.4, 0.5) is 5.69 Å². The van der Waals surface area contributed by atoms with E-state index in [1.54, 1.807) is 11.8 Å². The SMILES string of the molecule is CC(C)C1CCC(C)C2C1SC(C(=O)[O-])=[N+]2c1ccccc1C(C)(C)C. The predicted molar refractivity (Wildman–Crippen MR) is 107 cm³/mol. The first-order chi connectivity index (χ1) is 12.1. The fourth-order valence-corrected chi connectivity index (χ4v) is 6.54. The predicted octanol–water partition coefficient (Wildman–Crippen LogP) is 3.96. The fourth-order valence-electron chi connectivity index (χ4n) is 4.69. The second-order valence-corrected chi connectivity index (χ2v) is 10.4. The summed E-state index contributed by atoms with van der Waals surface area (Å²) in [6.45, 7) is 13.4. The van der Waals surface area contributed by atoms with Gasteiger partial charge in [-0.3, -0.25) is 0 Å². The Morgan fingerprint density at radius 2 is 1.88 bits per heavy atom. The van der Waals surface area contributed by atoms with Crippen molar-refractivity contribution in [1.82, 2.24) is 0 Å². The summed E-state index contributed by atoms with van der Waals surface area (Å²) < 4.78 is 2.12. The molecule has 4 heteroatoms. The summed E-state index contributed by atoms with van der Waals surface area (Å²) in [5, 5.41) is 12.8. The highest BCUT2D eigenvalue weighted by Gasteiger charge is 2.53. The molecule has 142 valence electrons. The molecule has 1 aliphatic heterocycles. The average molecular weight is 374 g/mol. The number of aliphatic carboxylic acids is 1. The molecule has 1 fully saturated rings. The van der Waals surface area contributed by atoms with Crippen LogP contribution in [-0.2, 0) is 10.2 Å². The Labute approximate surface area is 161 Å². The minimum absolute atomic E-state index is 0.0499. The molecule has 4 unspecified atom stereocenters. The Hall–Kier alpha value is -1.29. The number of nitrogens with zero attached hydrogens (tertiary/aromatic N) is 1. The molecule has 0 N–H and O–H groups in total. The Bertz CT molecular complexity index is 732. The molecule has 1 aromatic rings. The maximum atomic E-state index is 12.1. The van der Waals surface area contributed by atoms with Crippen LogP contribution in [0.25, 0.3) is 0 Å². The molecule has 0 amide bonds. The summed E-state index contributed by atoms with van der Waals surface area (Å²) in [6, 6.07) is 8.50. The highest BCUT2D eigenvalue weighted by molar-refractivity contribution is 8.16. The molecule has 2 aliphatic rings. The molecule has 1 aromatic carbocycles. The highest BCUT2D eigenvalue weighted by Crippen LogP contribution is 2.48.